The zero-order valence-electron chi connectivity index (χ0n) is 22.2. The maximum absolute atomic E-state index is 16.2. The highest BCUT2D eigenvalue weighted by Crippen LogP contribution is 2.35. The van der Waals surface area contributed by atoms with Crippen molar-refractivity contribution in [1.29, 1.82) is 0 Å². The standard InChI is InChI=1S/C30H31FN8O/c31-25-21(19-15-20(17-32-16-19)34-30(40)18-7-3-1-4-8-18)9-10-22-24(25)27(38-37-22)28-35-23-11-12-33-29(26(23)36-28)39-13-5-2-6-14-39/h9-12,15-18H,1-8,13-14H2,(H,34,40)(H,35,36)(H,37,38). The molecule has 1 aliphatic heterocycles. The molecule has 5 aromatic rings. The third kappa shape index (κ3) is 4.47. The molecule has 0 radical (unpaired) electrons. The zero-order chi connectivity index (χ0) is 27.1. The number of hydrogen-bond acceptors (Lipinski definition) is 6. The monoisotopic (exact) mass is 538 g/mol. The van der Waals surface area contributed by atoms with Crippen LogP contribution in [-0.2, 0) is 4.79 Å². The van der Waals surface area contributed by atoms with E-state index in [9.17, 15) is 4.79 Å². The van der Waals surface area contributed by atoms with Gasteiger partial charge < -0.3 is 15.2 Å². The van der Waals surface area contributed by atoms with E-state index in [1.165, 1.54) is 12.8 Å². The van der Waals surface area contributed by atoms with Gasteiger partial charge in [-0.3, -0.25) is 14.9 Å². The maximum Gasteiger partial charge on any atom is 0.227 e. The number of anilines is 2. The summed E-state index contributed by atoms with van der Waals surface area (Å²) >= 11 is 0. The molecule has 1 amide bonds. The second kappa shape index (κ2) is 10.3. The van der Waals surface area contributed by atoms with Gasteiger partial charge in [0.15, 0.2) is 11.6 Å². The number of piperidine rings is 1. The molecular weight excluding hydrogens is 507 g/mol. The maximum atomic E-state index is 16.2. The van der Waals surface area contributed by atoms with E-state index in [-0.39, 0.29) is 11.8 Å². The molecule has 5 heterocycles. The molecule has 1 aliphatic carbocycles. The molecule has 7 rings (SSSR count). The lowest BCUT2D eigenvalue weighted by atomic mass is 9.88. The average Bonchev–Trinajstić information content (AvgIpc) is 3.63. The molecule has 0 unspecified atom stereocenters. The lowest BCUT2D eigenvalue weighted by Crippen LogP contribution is -2.30. The van der Waals surface area contributed by atoms with Gasteiger partial charge in [0, 0.05) is 42.5 Å². The molecule has 3 N–H and O–H groups in total. The van der Waals surface area contributed by atoms with E-state index in [0.717, 1.165) is 68.5 Å². The first-order chi connectivity index (χ1) is 19.7. The summed E-state index contributed by atoms with van der Waals surface area (Å²) in [6, 6.07) is 7.17. The lowest BCUT2D eigenvalue weighted by molar-refractivity contribution is -0.120. The summed E-state index contributed by atoms with van der Waals surface area (Å²) in [5, 5.41) is 10.7. The van der Waals surface area contributed by atoms with Gasteiger partial charge in [0.05, 0.1) is 28.3 Å². The van der Waals surface area contributed by atoms with Crippen LogP contribution in [-0.4, -0.2) is 49.1 Å². The highest BCUT2D eigenvalue weighted by Gasteiger charge is 2.24. The Morgan fingerprint density at radius 3 is 2.67 bits per heavy atom. The lowest BCUT2D eigenvalue weighted by Gasteiger charge is -2.27. The van der Waals surface area contributed by atoms with Crippen molar-refractivity contribution in [3.8, 4) is 22.6 Å². The number of imidazole rings is 1. The number of nitrogens with zero attached hydrogens (tertiary/aromatic N) is 5. The van der Waals surface area contributed by atoms with Crippen LogP contribution in [0.25, 0.3) is 44.6 Å². The third-order valence-electron chi connectivity index (χ3n) is 8.22. The van der Waals surface area contributed by atoms with Crippen LogP contribution < -0.4 is 10.2 Å². The Balaban J connectivity index is 1.24. The molecule has 204 valence electrons. The van der Waals surface area contributed by atoms with Crippen molar-refractivity contribution < 1.29 is 9.18 Å². The van der Waals surface area contributed by atoms with Gasteiger partial charge in [0.2, 0.25) is 5.91 Å². The van der Waals surface area contributed by atoms with Crippen molar-refractivity contribution in [3.05, 3.63) is 48.7 Å². The number of hydrogen-bond donors (Lipinski definition) is 3. The quantitative estimate of drug-likeness (QED) is 0.245. The van der Waals surface area contributed by atoms with E-state index in [0.29, 0.717) is 39.2 Å². The molecule has 9 nitrogen and oxygen atoms in total. The van der Waals surface area contributed by atoms with Crippen molar-refractivity contribution in [2.45, 2.75) is 51.4 Å². The molecule has 10 heteroatoms. The predicted molar refractivity (Wildman–Crippen MR) is 153 cm³/mol. The molecule has 1 saturated carbocycles. The average molecular weight is 539 g/mol. The number of aromatic nitrogens is 6. The Hall–Kier alpha value is -4.34. The molecule has 2 fully saturated rings. The van der Waals surface area contributed by atoms with Gasteiger partial charge in [-0.2, -0.15) is 5.10 Å². The second-order valence-electron chi connectivity index (χ2n) is 10.9. The number of fused-ring (bicyclic) bond motifs is 2. The number of rotatable bonds is 5. The van der Waals surface area contributed by atoms with Gasteiger partial charge in [-0.15, -0.1) is 0 Å². The molecular formula is C30H31FN8O. The van der Waals surface area contributed by atoms with Gasteiger partial charge >= 0.3 is 0 Å². The van der Waals surface area contributed by atoms with Crippen LogP contribution in [0.15, 0.2) is 42.9 Å². The minimum Gasteiger partial charge on any atom is -0.355 e. The minimum absolute atomic E-state index is 0.00925. The number of benzene rings is 1. The van der Waals surface area contributed by atoms with Crippen LogP contribution in [0.2, 0.25) is 0 Å². The van der Waals surface area contributed by atoms with Crippen LogP contribution in [0.1, 0.15) is 51.4 Å². The molecule has 40 heavy (non-hydrogen) atoms. The van der Waals surface area contributed by atoms with Crippen molar-refractivity contribution in [2.75, 3.05) is 23.3 Å². The third-order valence-corrected chi connectivity index (χ3v) is 8.22. The van der Waals surface area contributed by atoms with Crippen LogP contribution in [0, 0.1) is 11.7 Å². The molecule has 2 aliphatic rings. The largest absolute Gasteiger partial charge is 0.355 e. The Bertz CT molecular complexity index is 1700. The number of pyridine rings is 2. The van der Waals surface area contributed by atoms with E-state index in [4.69, 9.17) is 4.98 Å². The van der Waals surface area contributed by atoms with E-state index < -0.39 is 5.82 Å². The van der Waals surface area contributed by atoms with E-state index >= 15 is 4.39 Å². The zero-order valence-corrected chi connectivity index (χ0v) is 22.2. The summed E-state index contributed by atoms with van der Waals surface area (Å²) < 4.78 is 16.2. The first-order valence-corrected chi connectivity index (χ1v) is 14.2. The molecule has 4 aromatic heterocycles. The number of amides is 1. The van der Waals surface area contributed by atoms with E-state index in [1.807, 2.05) is 6.07 Å². The van der Waals surface area contributed by atoms with Gasteiger partial charge in [0.25, 0.3) is 0 Å². The second-order valence-corrected chi connectivity index (χ2v) is 10.9. The number of carbonyl (C=O) groups is 1. The Morgan fingerprint density at radius 1 is 1.00 bits per heavy atom. The summed E-state index contributed by atoms with van der Waals surface area (Å²) in [5.74, 6) is 0.936. The Kier molecular flexibility index (Phi) is 6.37. The van der Waals surface area contributed by atoms with Crippen LogP contribution >= 0.6 is 0 Å². The number of carbonyl (C=O) groups excluding carboxylic acids is 1. The van der Waals surface area contributed by atoms with Crippen molar-refractivity contribution in [3.63, 3.8) is 0 Å². The first-order valence-electron chi connectivity index (χ1n) is 14.2. The molecule has 0 bridgehead atoms. The number of H-pyrrole nitrogens is 2. The minimum atomic E-state index is -0.423. The summed E-state index contributed by atoms with van der Waals surface area (Å²) in [4.78, 5) is 32.1. The molecule has 1 saturated heterocycles. The molecule has 1 aromatic carbocycles. The summed E-state index contributed by atoms with van der Waals surface area (Å²) in [5.41, 5.74) is 4.10. The first kappa shape index (κ1) is 24.7. The summed E-state index contributed by atoms with van der Waals surface area (Å²) in [6.07, 6.45) is 13.6. The van der Waals surface area contributed by atoms with E-state index in [1.54, 1.807) is 36.8 Å². The molecule has 0 atom stereocenters. The number of halogens is 1. The summed E-state index contributed by atoms with van der Waals surface area (Å²) in [7, 11) is 0. The highest BCUT2D eigenvalue weighted by atomic mass is 19.1. The summed E-state index contributed by atoms with van der Waals surface area (Å²) in [6.45, 7) is 1.90. The highest BCUT2D eigenvalue weighted by molar-refractivity contribution is 5.98. The van der Waals surface area contributed by atoms with Gasteiger partial charge in [-0.05, 0) is 56.4 Å². The fourth-order valence-corrected chi connectivity index (χ4v) is 6.10. The fourth-order valence-electron chi connectivity index (χ4n) is 6.10. The predicted octanol–water partition coefficient (Wildman–Crippen LogP) is 6.21. The van der Waals surface area contributed by atoms with Gasteiger partial charge in [0.1, 0.15) is 17.0 Å². The Labute approximate surface area is 230 Å². The van der Waals surface area contributed by atoms with Crippen molar-refractivity contribution in [1.82, 2.24) is 30.1 Å². The van der Waals surface area contributed by atoms with Crippen LogP contribution in [0.4, 0.5) is 15.9 Å². The van der Waals surface area contributed by atoms with Crippen LogP contribution in [0.5, 0.6) is 0 Å². The van der Waals surface area contributed by atoms with E-state index in [2.05, 4.69) is 35.4 Å². The smallest absolute Gasteiger partial charge is 0.227 e. The topological polar surface area (TPSA) is 115 Å². The Morgan fingerprint density at radius 2 is 1.82 bits per heavy atom. The number of aromatic amines is 2. The van der Waals surface area contributed by atoms with Crippen LogP contribution in [0.3, 0.4) is 0 Å². The normalized spacial score (nSPS) is 16.6. The van der Waals surface area contributed by atoms with Gasteiger partial charge in [-0.25, -0.2) is 14.4 Å². The molecule has 0 spiro atoms. The van der Waals surface area contributed by atoms with Crippen molar-refractivity contribution in [2.24, 2.45) is 5.92 Å². The van der Waals surface area contributed by atoms with Crippen molar-refractivity contribution >= 4 is 39.3 Å². The van der Waals surface area contributed by atoms with Gasteiger partial charge in [-0.1, -0.05) is 19.3 Å². The fraction of sp³-hybridized carbons (Fsp3) is 0.367. The number of nitrogens with one attached hydrogen (secondary N) is 3. The SMILES string of the molecule is O=C(Nc1cncc(-c2ccc3[nH]nc(-c4nc5c(N6CCCCC6)nccc5[nH]4)c3c2F)c1)C1CCCCC1.